The fourth-order valence-corrected chi connectivity index (χ4v) is 8.21. The topological polar surface area (TPSA) is 93.9 Å². The molecule has 3 atom stereocenters. The summed E-state index contributed by atoms with van der Waals surface area (Å²) in [4.78, 5) is 27.0. The Morgan fingerprint density at radius 1 is 1.14 bits per heavy atom. The number of anilines is 2. The lowest BCUT2D eigenvalue weighted by molar-refractivity contribution is -0.383. The van der Waals surface area contributed by atoms with Crippen LogP contribution in [0.1, 0.15) is 68.6 Å². The van der Waals surface area contributed by atoms with Gasteiger partial charge in [-0.25, -0.2) is 4.79 Å². The van der Waals surface area contributed by atoms with Gasteiger partial charge in [-0.3, -0.25) is 10.1 Å². The molecule has 1 saturated heterocycles. The van der Waals surface area contributed by atoms with E-state index in [0.29, 0.717) is 42.6 Å². The first-order valence-corrected chi connectivity index (χ1v) is 16.2. The second kappa shape index (κ2) is 12.6. The Kier molecular flexibility index (Phi) is 8.61. The van der Waals surface area contributed by atoms with Gasteiger partial charge in [-0.05, 0) is 82.8 Å². The van der Waals surface area contributed by atoms with Gasteiger partial charge in [0.2, 0.25) is 0 Å². The summed E-state index contributed by atoms with van der Waals surface area (Å²) in [5.41, 5.74) is 4.47. The van der Waals surface area contributed by atoms with Crippen LogP contribution in [0.5, 0.6) is 5.75 Å². The minimum Gasteiger partial charge on any atom is -0.491 e. The van der Waals surface area contributed by atoms with Crippen LogP contribution in [0.3, 0.4) is 0 Å². The van der Waals surface area contributed by atoms with Gasteiger partial charge < -0.3 is 19.7 Å². The normalized spacial score (nSPS) is 22.2. The minimum absolute atomic E-state index is 0.00164. The van der Waals surface area contributed by atoms with E-state index in [2.05, 4.69) is 34.2 Å². The molecular formula is C34H38BrN3O5. The van der Waals surface area contributed by atoms with Crippen molar-refractivity contribution in [2.45, 2.75) is 76.4 Å². The lowest BCUT2D eigenvalue weighted by atomic mass is 9.52. The number of rotatable bonds is 9. The number of nitrogens with zero attached hydrogens (tertiary/aromatic N) is 2. The molecule has 3 aromatic rings. The summed E-state index contributed by atoms with van der Waals surface area (Å²) < 4.78 is 13.1. The van der Waals surface area contributed by atoms with E-state index in [1.807, 2.05) is 35.2 Å². The van der Waals surface area contributed by atoms with Crippen molar-refractivity contribution >= 4 is 39.1 Å². The molecule has 1 saturated carbocycles. The molecule has 2 aliphatic carbocycles. The molecule has 1 aliphatic heterocycles. The Hall–Kier alpha value is -3.59. The molecule has 1 unspecified atom stereocenters. The molecule has 226 valence electrons. The number of fused-ring (bicyclic) bond motifs is 1. The molecule has 3 aromatic carbocycles. The summed E-state index contributed by atoms with van der Waals surface area (Å²) in [5.74, 6) is 1.05. The maximum atomic E-state index is 13.5. The third-order valence-corrected chi connectivity index (χ3v) is 10.5. The van der Waals surface area contributed by atoms with Gasteiger partial charge in [0.1, 0.15) is 18.0 Å². The molecule has 6 rings (SSSR count). The van der Waals surface area contributed by atoms with Crippen LogP contribution >= 0.6 is 15.9 Å². The van der Waals surface area contributed by atoms with Crippen molar-refractivity contribution in [2.24, 2.45) is 5.92 Å². The molecule has 3 aliphatic rings. The summed E-state index contributed by atoms with van der Waals surface area (Å²) >= 11 is 3.94. The number of ether oxygens (including phenoxy) is 2. The van der Waals surface area contributed by atoms with E-state index in [1.165, 1.54) is 11.6 Å². The van der Waals surface area contributed by atoms with E-state index >= 15 is 0 Å². The first kappa shape index (κ1) is 29.5. The number of hydrogen-bond acceptors (Lipinski definition) is 6. The lowest BCUT2D eigenvalue weighted by Gasteiger charge is -2.58. The number of nitrogens with one attached hydrogen (secondary N) is 1. The Bertz CT molecular complexity index is 1500. The second-order valence-corrected chi connectivity index (χ2v) is 12.7. The van der Waals surface area contributed by atoms with Gasteiger partial charge in [-0.1, -0.05) is 68.7 Å². The number of halogens is 1. The summed E-state index contributed by atoms with van der Waals surface area (Å²) in [6, 6.07) is 18.7. The zero-order valence-electron chi connectivity index (χ0n) is 24.5. The number of nitro benzene ring substituents is 1. The molecule has 2 bridgehead atoms. The van der Waals surface area contributed by atoms with Gasteiger partial charge >= 0.3 is 6.09 Å². The largest absolute Gasteiger partial charge is 0.491 e. The highest BCUT2D eigenvalue weighted by molar-refractivity contribution is 9.10. The zero-order valence-corrected chi connectivity index (χ0v) is 26.1. The highest BCUT2D eigenvalue weighted by Gasteiger charge is 2.56. The Morgan fingerprint density at radius 3 is 2.72 bits per heavy atom. The van der Waals surface area contributed by atoms with Gasteiger partial charge in [-0.2, -0.15) is 0 Å². The van der Waals surface area contributed by atoms with Crippen molar-refractivity contribution in [3.63, 3.8) is 0 Å². The highest BCUT2D eigenvalue weighted by Crippen LogP contribution is 2.59. The van der Waals surface area contributed by atoms with Gasteiger partial charge in [0.15, 0.2) is 0 Å². The fraction of sp³-hybridized carbons (Fsp3) is 0.441. The lowest BCUT2D eigenvalue weighted by Crippen LogP contribution is -2.62. The number of hydrogen-bond donors (Lipinski definition) is 1. The molecule has 0 aromatic heterocycles. The zero-order chi connectivity index (χ0) is 30.0. The summed E-state index contributed by atoms with van der Waals surface area (Å²) in [5, 5.41) is 15.2. The van der Waals surface area contributed by atoms with Crippen LogP contribution in [0.4, 0.5) is 21.9 Å². The van der Waals surface area contributed by atoms with Crippen molar-refractivity contribution in [1.82, 2.24) is 4.90 Å². The molecule has 1 amide bonds. The second-order valence-electron chi connectivity index (χ2n) is 12.0. The predicted octanol–water partition coefficient (Wildman–Crippen LogP) is 8.68. The van der Waals surface area contributed by atoms with Crippen LogP contribution in [-0.4, -0.2) is 35.1 Å². The van der Waals surface area contributed by atoms with E-state index in [-0.39, 0.29) is 34.8 Å². The summed E-state index contributed by atoms with van der Waals surface area (Å²) in [7, 11) is 0. The first-order valence-electron chi connectivity index (χ1n) is 15.4. The van der Waals surface area contributed by atoms with Crippen molar-refractivity contribution < 1.29 is 19.2 Å². The van der Waals surface area contributed by atoms with Gasteiger partial charge in [-0.15, -0.1) is 0 Å². The van der Waals surface area contributed by atoms with Crippen LogP contribution in [0.2, 0.25) is 0 Å². The molecule has 1 heterocycles. The molecule has 9 heteroatoms. The van der Waals surface area contributed by atoms with Crippen molar-refractivity contribution in [2.75, 3.05) is 18.5 Å². The van der Waals surface area contributed by atoms with E-state index < -0.39 is 0 Å². The van der Waals surface area contributed by atoms with E-state index in [1.54, 1.807) is 18.2 Å². The number of carbonyl (C=O) groups excluding carboxylic acids is 1. The predicted molar refractivity (Wildman–Crippen MR) is 170 cm³/mol. The number of amides is 1. The summed E-state index contributed by atoms with van der Waals surface area (Å²) in [6.07, 6.45) is 7.68. The SMILES string of the molecule is CCCCOc1cc2c(c(Br)c1Nc1ccccc1[N+](=O)[O-])C[C@H]1C3CCCC[C@@]23CCN1C(=O)OCc1ccccc1. The van der Waals surface area contributed by atoms with E-state index in [9.17, 15) is 14.9 Å². The molecule has 2 fully saturated rings. The standard InChI is InChI=1S/C34H38BrN3O5/c1-2-3-19-42-30-21-26-24(31(35)32(30)36-27-14-7-8-15-28(27)38(40)41)20-29-25-13-9-10-16-34(25,26)17-18-37(29)33(39)43-22-23-11-5-4-6-12-23/h4-8,11-12,14-15,21,25,29,36H,2-3,9-10,13,16-20,22H2,1H3/t25?,29-,34-/m0/s1. The number of unbranched alkanes of at least 4 members (excludes halogenated alkanes) is 1. The first-order chi connectivity index (χ1) is 20.9. The third kappa shape index (κ3) is 5.59. The number of piperidine rings is 1. The highest BCUT2D eigenvalue weighted by atomic mass is 79.9. The monoisotopic (exact) mass is 647 g/mol. The maximum absolute atomic E-state index is 13.5. The Labute approximate surface area is 261 Å². The Balaban J connectivity index is 1.39. The van der Waals surface area contributed by atoms with E-state index in [0.717, 1.165) is 60.5 Å². The molecule has 0 radical (unpaired) electrons. The average molecular weight is 649 g/mol. The number of benzene rings is 3. The molecule has 43 heavy (non-hydrogen) atoms. The number of para-hydroxylation sites is 2. The average Bonchev–Trinajstić information content (AvgIpc) is 3.02. The van der Waals surface area contributed by atoms with Crippen molar-refractivity contribution in [3.8, 4) is 5.75 Å². The molecule has 1 N–H and O–H groups in total. The van der Waals surface area contributed by atoms with Crippen LogP contribution in [-0.2, 0) is 23.2 Å². The summed E-state index contributed by atoms with van der Waals surface area (Å²) in [6.45, 7) is 3.60. The Morgan fingerprint density at radius 2 is 1.93 bits per heavy atom. The maximum Gasteiger partial charge on any atom is 0.410 e. The van der Waals surface area contributed by atoms with Crippen LogP contribution in [0.15, 0.2) is 65.1 Å². The van der Waals surface area contributed by atoms with Crippen LogP contribution < -0.4 is 10.1 Å². The molecule has 8 nitrogen and oxygen atoms in total. The number of nitro groups is 1. The van der Waals surface area contributed by atoms with Crippen molar-refractivity contribution in [1.29, 1.82) is 0 Å². The van der Waals surface area contributed by atoms with Gasteiger partial charge in [0, 0.05) is 28.5 Å². The number of likely N-dealkylation sites (tertiary alicyclic amines) is 1. The number of carbonyl (C=O) groups is 1. The minimum atomic E-state index is -0.374. The van der Waals surface area contributed by atoms with Gasteiger partial charge in [0.05, 0.1) is 17.2 Å². The van der Waals surface area contributed by atoms with Gasteiger partial charge in [0.25, 0.3) is 5.69 Å². The molecular weight excluding hydrogens is 610 g/mol. The third-order valence-electron chi connectivity index (χ3n) is 9.60. The van der Waals surface area contributed by atoms with E-state index in [4.69, 9.17) is 9.47 Å². The van der Waals surface area contributed by atoms with Crippen molar-refractivity contribution in [3.05, 3.63) is 91.9 Å². The smallest absolute Gasteiger partial charge is 0.410 e. The van der Waals surface area contributed by atoms with Crippen LogP contribution in [0.25, 0.3) is 0 Å². The molecule has 0 spiro atoms. The van der Waals surface area contributed by atoms with Crippen LogP contribution in [0, 0.1) is 16.0 Å². The fourth-order valence-electron chi connectivity index (χ4n) is 7.54. The quantitative estimate of drug-likeness (QED) is 0.142.